The first kappa shape index (κ1) is 24.2. The molecular weight excluding hydrogens is 428 g/mol. The maximum Gasteiger partial charge on any atom is 0.156 e. The fourth-order valence-corrected chi connectivity index (χ4v) is 3.81. The average molecular weight is 461 g/mol. The Bertz CT molecular complexity index is 1010. The van der Waals surface area contributed by atoms with E-state index in [1.807, 2.05) is 18.2 Å². The number of rotatable bonds is 13. The van der Waals surface area contributed by atoms with Crippen LogP contribution < -0.4 is 15.4 Å². The molecule has 0 aliphatic carbocycles. The number of aryl methyl sites for hydroxylation is 1. The van der Waals surface area contributed by atoms with E-state index >= 15 is 0 Å². The predicted molar refractivity (Wildman–Crippen MR) is 128 cm³/mol. The lowest BCUT2D eigenvalue weighted by molar-refractivity contribution is 0.282. The topological polar surface area (TPSA) is 108 Å². The van der Waals surface area contributed by atoms with Crippen molar-refractivity contribution < 1.29 is 9.84 Å². The van der Waals surface area contributed by atoms with Crippen LogP contribution in [0.1, 0.15) is 62.7 Å². The summed E-state index contributed by atoms with van der Waals surface area (Å²) >= 11 is 6.27. The van der Waals surface area contributed by atoms with Gasteiger partial charge in [-0.25, -0.2) is 9.97 Å². The van der Waals surface area contributed by atoms with Crippen LogP contribution in [0.25, 0.3) is 11.0 Å². The number of hydrogen-bond donors (Lipinski definition) is 4. The van der Waals surface area contributed by atoms with Gasteiger partial charge in [0.15, 0.2) is 5.82 Å². The van der Waals surface area contributed by atoms with E-state index in [2.05, 4.69) is 34.7 Å². The molecule has 1 unspecified atom stereocenters. The van der Waals surface area contributed by atoms with Gasteiger partial charge in [-0.15, -0.1) is 0 Å². The number of aromatic nitrogens is 4. The summed E-state index contributed by atoms with van der Waals surface area (Å²) in [4.78, 5) is 9.64. The third kappa shape index (κ3) is 6.09. The van der Waals surface area contributed by atoms with Crippen LogP contribution in [0.4, 0.5) is 5.82 Å². The van der Waals surface area contributed by atoms with Crippen molar-refractivity contribution in [3.8, 4) is 5.75 Å². The lowest BCUT2D eigenvalue weighted by Crippen LogP contribution is -2.22. The minimum atomic E-state index is -0.00566. The molecule has 174 valence electrons. The van der Waals surface area contributed by atoms with E-state index in [1.165, 1.54) is 0 Å². The number of hydrogen-bond acceptors (Lipinski definition) is 7. The van der Waals surface area contributed by atoms with Crippen molar-refractivity contribution in [1.82, 2.24) is 25.5 Å². The molecule has 4 N–H and O–H groups in total. The Morgan fingerprint density at radius 3 is 2.78 bits per heavy atom. The van der Waals surface area contributed by atoms with E-state index in [1.54, 1.807) is 7.11 Å². The summed E-state index contributed by atoms with van der Waals surface area (Å²) < 4.78 is 5.24. The molecule has 2 aromatic heterocycles. The molecule has 0 aliphatic rings. The number of methoxy groups -OCH3 is 1. The Morgan fingerprint density at radius 1 is 1.22 bits per heavy atom. The first-order valence-corrected chi connectivity index (χ1v) is 11.6. The van der Waals surface area contributed by atoms with Crippen LogP contribution in [-0.2, 0) is 13.0 Å². The normalized spacial score (nSPS) is 12.3. The quantitative estimate of drug-likeness (QED) is 0.280. The minimum absolute atomic E-state index is 0.00566. The van der Waals surface area contributed by atoms with E-state index in [0.717, 1.165) is 72.6 Å². The van der Waals surface area contributed by atoms with Crippen molar-refractivity contribution in [2.75, 3.05) is 25.6 Å². The molecule has 0 saturated heterocycles. The molecule has 3 aromatic rings. The molecule has 0 fully saturated rings. The SMILES string of the molecule is CCCc1n[nH]c2c(NCc3ccc(OC)c(Cl)c3)nc(C(C)NCCCCCO)nc12. The highest BCUT2D eigenvalue weighted by atomic mass is 35.5. The van der Waals surface area contributed by atoms with E-state index in [9.17, 15) is 0 Å². The number of benzene rings is 1. The standard InChI is InChI=1S/C23H33ClN6O2/c1-4-8-18-20-21(30-29-18)23(26-14-16-9-10-19(32-3)17(24)13-16)28-22(27-20)15(2)25-11-6-5-7-12-31/h9-10,13,15,25,31H,4-8,11-12,14H2,1-3H3,(H,29,30)(H,26,27,28). The molecule has 9 heteroatoms. The van der Waals surface area contributed by atoms with Crippen LogP contribution >= 0.6 is 11.6 Å². The zero-order valence-corrected chi connectivity index (χ0v) is 19.8. The number of ether oxygens (including phenoxy) is 1. The Hall–Kier alpha value is -2.42. The summed E-state index contributed by atoms with van der Waals surface area (Å²) in [6.45, 7) is 5.85. The van der Waals surface area contributed by atoms with Gasteiger partial charge in [0, 0.05) is 13.2 Å². The molecule has 0 radical (unpaired) electrons. The zero-order valence-electron chi connectivity index (χ0n) is 19.0. The van der Waals surface area contributed by atoms with Gasteiger partial charge in [-0.05, 0) is 56.8 Å². The number of halogens is 1. The predicted octanol–water partition coefficient (Wildman–Crippen LogP) is 4.39. The number of fused-ring (bicyclic) bond motifs is 1. The zero-order chi connectivity index (χ0) is 22.9. The largest absolute Gasteiger partial charge is 0.495 e. The molecule has 32 heavy (non-hydrogen) atoms. The Kier molecular flexibility index (Phi) is 9.08. The minimum Gasteiger partial charge on any atom is -0.495 e. The average Bonchev–Trinajstić information content (AvgIpc) is 3.20. The summed E-state index contributed by atoms with van der Waals surface area (Å²) in [5.74, 6) is 2.10. The number of aliphatic hydroxyl groups is 1. The highest BCUT2D eigenvalue weighted by Crippen LogP contribution is 2.27. The second-order valence-electron chi connectivity index (χ2n) is 7.86. The Balaban J connectivity index is 1.81. The molecular formula is C23H33ClN6O2. The second kappa shape index (κ2) is 12.0. The van der Waals surface area contributed by atoms with Crippen LogP contribution in [0.5, 0.6) is 5.75 Å². The smallest absolute Gasteiger partial charge is 0.156 e. The number of H-pyrrole nitrogens is 1. The fraction of sp³-hybridized carbons (Fsp3) is 0.522. The molecule has 0 saturated carbocycles. The molecule has 0 amide bonds. The fourth-order valence-electron chi connectivity index (χ4n) is 3.53. The lowest BCUT2D eigenvalue weighted by Gasteiger charge is -2.15. The van der Waals surface area contributed by atoms with Crippen molar-refractivity contribution >= 4 is 28.5 Å². The number of aromatic amines is 1. The summed E-state index contributed by atoms with van der Waals surface area (Å²) in [5, 5.41) is 24.0. The Labute approximate surface area is 194 Å². The molecule has 8 nitrogen and oxygen atoms in total. The maximum atomic E-state index is 8.94. The monoisotopic (exact) mass is 460 g/mol. The Morgan fingerprint density at radius 2 is 2.06 bits per heavy atom. The van der Waals surface area contributed by atoms with Crippen molar-refractivity contribution in [3.05, 3.63) is 40.3 Å². The third-order valence-corrected chi connectivity index (χ3v) is 5.63. The number of anilines is 1. The summed E-state index contributed by atoms with van der Waals surface area (Å²) in [6.07, 6.45) is 4.67. The molecule has 0 spiro atoms. The first-order valence-electron chi connectivity index (χ1n) is 11.2. The molecule has 0 bridgehead atoms. The van der Waals surface area contributed by atoms with Crippen molar-refractivity contribution in [2.24, 2.45) is 0 Å². The van der Waals surface area contributed by atoms with Gasteiger partial charge >= 0.3 is 0 Å². The van der Waals surface area contributed by atoms with E-state index in [4.69, 9.17) is 31.4 Å². The molecule has 2 heterocycles. The van der Waals surface area contributed by atoms with Crippen LogP contribution in [0, 0.1) is 0 Å². The number of nitrogens with zero attached hydrogens (tertiary/aromatic N) is 3. The van der Waals surface area contributed by atoms with Crippen molar-refractivity contribution in [1.29, 1.82) is 0 Å². The van der Waals surface area contributed by atoms with Gasteiger partial charge in [0.05, 0.1) is 23.9 Å². The van der Waals surface area contributed by atoms with Gasteiger partial charge in [-0.1, -0.05) is 31.0 Å². The van der Waals surface area contributed by atoms with Gasteiger partial charge in [0.1, 0.15) is 22.6 Å². The third-order valence-electron chi connectivity index (χ3n) is 5.34. The van der Waals surface area contributed by atoms with Gasteiger partial charge < -0.3 is 20.5 Å². The highest BCUT2D eigenvalue weighted by molar-refractivity contribution is 6.32. The van der Waals surface area contributed by atoms with Gasteiger partial charge in [0.2, 0.25) is 0 Å². The molecule has 1 aromatic carbocycles. The van der Waals surface area contributed by atoms with Crippen LogP contribution in [0.3, 0.4) is 0 Å². The van der Waals surface area contributed by atoms with E-state index < -0.39 is 0 Å². The number of unbranched alkanes of at least 4 members (excludes halogenated alkanes) is 2. The molecule has 0 aliphatic heterocycles. The van der Waals surface area contributed by atoms with E-state index in [0.29, 0.717) is 17.3 Å². The second-order valence-corrected chi connectivity index (χ2v) is 8.26. The van der Waals surface area contributed by atoms with Gasteiger partial charge in [0.25, 0.3) is 0 Å². The maximum absolute atomic E-state index is 8.94. The number of aliphatic hydroxyl groups excluding tert-OH is 1. The highest BCUT2D eigenvalue weighted by Gasteiger charge is 2.17. The van der Waals surface area contributed by atoms with Crippen molar-refractivity contribution in [2.45, 2.75) is 58.5 Å². The summed E-state index contributed by atoms with van der Waals surface area (Å²) in [5.41, 5.74) is 3.65. The van der Waals surface area contributed by atoms with Crippen LogP contribution in [0.15, 0.2) is 18.2 Å². The molecule has 1 atom stereocenters. The molecule has 3 rings (SSSR count). The lowest BCUT2D eigenvalue weighted by atomic mass is 10.2. The van der Waals surface area contributed by atoms with Gasteiger partial charge in [-0.3, -0.25) is 5.10 Å². The van der Waals surface area contributed by atoms with Gasteiger partial charge in [-0.2, -0.15) is 5.10 Å². The first-order chi connectivity index (χ1) is 15.6. The van der Waals surface area contributed by atoms with E-state index in [-0.39, 0.29) is 12.6 Å². The summed E-state index contributed by atoms with van der Waals surface area (Å²) in [7, 11) is 1.60. The summed E-state index contributed by atoms with van der Waals surface area (Å²) in [6, 6.07) is 5.72. The van der Waals surface area contributed by atoms with Crippen LogP contribution in [0.2, 0.25) is 5.02 Å². The number of nitrogens with one attached hydrogen (secondary N) is 3. The van der Waals surface area contributed by atoms with Crippen molar-refractivity contribution in [3.63, 3.8) is 0 Å². The van der Waals surface area contributed by atoms with Crippen LogP contribution in [-0.4, -0.2) is 45.5 Å².